The molecule has 0 N–H and O–H groups in total. The van der Waals surface area contributed by atoms with Gasteiger partial charge in [-0.2, -0.15) is 0 Å². The molecule has 0 aromatic heterocycles. The third kappa shape index (κ3) is 3.77. The Morgan fingerprint density at radius 3 is 2.15 bits per heavy atom. The molecule has 20 heavy (non-hydrogen) atoms. The normalized spacial score (nSPS) is 26.4. The van der Waals surface area contributed by atoms with Gasteiger partial charge in [0.15, 0.2) is 0 Å². The average molecular weight is 272 g/mol. The molecule has 2 aliphatic carbocycles. The lowest BCUT2D eigenvalue weighted by Gasteiger charge is -2.28. The molecular formula is C19H28O. The summed E-state index contributed by atoms with van der Waals surface area (Å²) in [5.74, 6) is 3.68. The molecule has 0 bridgehead atoms. The summed E-state index contributed by atoms with van der Waals surface area (Å²) in [6.45, 7) is 3.23. The Hall–Kier alpha value is -0.980. The minimum Gasteiger partial charge on any atom is -0.493 e. The van der Waals surface area contributed by atoms with Crippen molar-refractivity contribution in [2.75, 3.05) is 6.61 Å². The zero-order valence-electron chi connectivity index (χ0n) is 12.8. The zero-order valence-corrected chi connectivity index (χ0v) is 12.8. The molecule has 1 aromatic rings. The van der Waals surface area contributed by atoms with Crippen LogP contribution in [-0.4, -0.2) is 6.61 Å². The lowest BCUT2D eigenvalue weighted by atomic mass is 9.77. The Kier molecular flexibility index (Phi) is 4.65. The van der Waals surface area contributed by atoms with Gasteiger partial charge in [0.05, 0.1) is 6.61 Å². The Morgan fingerprint density at radius 1 is 0.900 bits per heavy atom. The minimum absolute atomic E-state index is 0.792. The second-order valence-corrected chi connectivity index (χ2v) is 6.83. The summed E-state index contributed by atoms with van der Waals surface area (Å²) in [6, 6.07) is 8.95. The molecule has 0 saturated heterocycles. The van der Waals surface area contributed by atoms with Crippen molar-refractivity contribution in [2.24, 2.45) is 11.8 Å². The number of benzene rings is 1. The number of hydrogen-bond donors (Lipinski definition) is 0. The van der Waals surface area contributed by atoms with Crippen molar-refractivity contribution in [1.29, 1.82) is 0 Å². The maximum Gasteiger partial charge on any atom is 0.119 e. The van der Waals surface area contributed by atoms with Crippen LogP contribution in [0.5, 0.6) is 5.75 Å². The van der Waals surface area contributed by atoms with Crippen LogP contribution in [0.3, 0.4) is 0 Å². The Balaban J connectivity index is 1.49. The molecule has 2 saturated carbocycles. The maximum absolute atomic E-state index is 5.82. The van der Waals surface area contributed by atoms with E-state index in [9.17, 15) is 0 Å². The van der Waals surface area contributed by atoms with Crippen molar-refractivity contribution >= 4 is 0 Å². The van der Waals surface area contributed by atoms with Crippen molar-refractivity contribution in [1.82, 2.24) is 0 Å². The Labute approximate surface area is 123 Å². The van der Waals surface area contributed by atoms with Gasteiger partial charge in [0.1, 0.15) is 5.75 Å². The maximum atomic E-state index is 5.82. The van der Waals surface area contributed by atoms with E-state index >= 15 is 0 Å². The third-order valence-electron chi connectivity index (χ3n) is 5.08. The minimum atomic E-state index is 0.792. The SMILES string of the molecule is CCC[C@H]1CC[C@H](c2ccc(OCC3CC3)cc2)CC1. The van der Waals surface area contributed by atoms with Gasteiger partial charge in [0.25, 0.3) is 0 Å². The molecule has 0 atom stereocenters. The van der Waals surface area contributed by atoms with Crippen molar-refractivity contribution in [3.05, 3.63) is 29.8 Å². The van der Waals surface area contributed by atoms with Crippen LogP contribution in [-0.2, 0) is 0 Å². The van der Waals surface area contributed by atoms with Gasteiger partial charge in [0.2, 0.25) is 0 Å². The quantitative estimate of drug-likeness (QED) is 0.659. The third-order valence-corrected chi connectivity index (χ3v) is 5.08. The van der Waals surface area contributed by atoms with E-state index in [2.05, 4.69) is 31.2 Å². The van der Waals surface area contributed by atoms with Crippen molar-refractivity contribution in [3.8, 4) is 5.75 Å². The smallest absolute Gasteiger partial charge is 0.119 e. The van der Waals surface area contributed by atoms with Crippen molar-refractivity contribution < 1.29 is 4.74 Å². The number of rotatable bonds is 6. The summed E-state index contributed by atoms with van der Waals surface area (Å²) in [6.07, 6.45) is 11.1. The van der Waals surface area contributed by atoms with E-state index < -0.39 is 0 Å². The van der Waals surface area contributed by atoms with Crippen LogP contribution in [0.1, 0.15) is 69.8 Å². The Bertz CT molecular complexity index is 396. The predicted molar refractivity (Wildman–Crippen MR) is 84.3 cm³/mol. The molecule has 1 aromatic carbocycles. The van der Waals surface area contributed by atoms with E-state index in [1.54, 1.807) is 0 Å². The molecule has 0 radical (unpaired) electrons. The van der Waals surface area contributed by atoms with Gasteiger partial charge in [-0.15, -0.1) is 0 Å². The summed E-state index contributed by atoms with van der Waals surface area (Å²) < 4.78 is 5.82. The molecule has 1 heteroatoms. The van der Waals surface area contributed by atoms with E-state index in [-0.39, 0.29) is 0 Å². The van der Waals surface area contributed by atoms with Crippen LogP contribution in [0.4, 0.5) is 0 Å². The second kappa shape index (κ2) is 6.65. The first kappa shape index (κ1) is 14.0. The molecule has 110 valence electrons. The van der Waals surface area contributed by atoms with Crippen molar-refractivity contribution in [2.45, 2.75) is 64.2 Å². The summed E-state index contributed by atoms with van der Waals surface area (Å²) in [5.41, 5.74) is 1.53. The molecule has 1 nitrogen and oxygen atoms in total. The molecule has 0 spiro atoms. The fourth-order valence-electron chi connectivity index (χ4n) is 3.53. The largest absolute Gasteiger partial charge is 0.493 e. The summed E-state index contributed by atoms with van der Waals surface area (Å²) in [7, 11) is 0. The van der Waals surface area contributed by atoms with Crippen LogP contribution in [0.2, 0.25) is 0 Å². The first-order valence-corrected chi connectivity index (χ1v) is 8.58. The van der Waals surface area contributed by atoms with Gasteiger partial charge in [0, 0.05) is 0 Å². The molecule has 0 heterocycles. The molecular weight excluding hydrogens is 244 g/mol. The van der Waals surface area contributed by atoms with E-state index in [1.165, 1.54) is 56.9 Å². The van der Waals surface area contributed by atoms with Crippen molar-refractivity contribution in [3.63, 3.8) is 0 Å². The number of ether oxygens (including phenoxy) is 1. The van der Waals surface area contributed by atoms with Gasteiger partial charge in [-0.3, -0.25) is 0 Å². The Morgan fingerprint density at radius 2 is 1.55 bits per heavy atom. The van der Waals surface area contributed by atoms with E-state index in [0.29, 0.717) is 0 Å². The van der Waals surface area contributed by atoms with Crippen LogP contribution in [0, 0.1) is 11.8 Å². The molecule has 2 aliphatic rings. The topological polar surface area (TPSA) is 9.23 Å². The zero-order chi connectivity index (χ0) is 13.8. The highest BCUT2D eigenvalue weighted by molar-refractivity contribution is 5.29. The van der Waals surface area contributed by atoms with Gasteiger partial charge in [-0.1, -0.05) is 31.9 Å². The standard InChI is InChI=1S/C19H28O/c1-2-3-15-6-8-17(9-7-15)18-10-12-19(13-11-18)20-14-16-4-5-16/h10-13,15-17H,2-9,14H2,1H3/t15-,17-. The van der Waals surface area contributed by atoms with Crippen LogP contribution >= 0.6 is 0 Å². The lowest BCUT2D eigenvalue weighted by Crippen LogP contribution is -2.13. The predicted octanol–water partition coefficient (Wildman–Crippen LogP) is 5.55. The van der Waals surface area contributed by atoms with Gasteiger partial charge in [-0.25, -0.2) is 0 Å². The molecule has 2 fully saturated rings. The van der Waals surface area contributed by atoms with E-state index in [4.69, 9.17) is 4.74 Å². The molecule has 0 unspecified atom stereocenters. The van der Waals surface area contributed by atoms with Crippen LogP contribution in [0.15, 0.2) is 24.3 Å². The fraction of sp³-hybridized carbons (Fsp3) is 0.684. The highest BCUT2D eigenvalue weighted by atomic mass is 16.5. The lowest BCUT2D eigenvalue weighted by molar-refractivity contribution is 0.298. The first-order valence-electron chi connectivity index (χ1n) is 8.58. The van der Waals surface area contributed by atoms with Crippen LogP contribution in [0.25, 0.3) is 0 Å². The number of hydrogen-bond acceptors (Lipinski definition) is 1. The summed E-state index contributed by atoms with van der Waals surface area (Å²) in [5, 5.41) is 0. The first-order chi connectivity index (χ1) is 9.85. The highest BCUT2D eigenvalue weighted by Gasteiger charge is 2.23. The fourth-order valence-corrected chi connectivity index (χ4v) is 3.53. The average Bonchev–Trinajstić information content (AvgIpc) is 3.31. The van der Waals surface area contributed by atoms with Gasteiger partial charge in [-0.05, 0) is 74.0 Å². The monoisotopic (exact) mass is 272 g/mol. The second-order valence-electron chi connectivity index (χ2n) is 6.83. The van der Waals surface area contributed by atoms with E-state index in [1.807, 2.05) is 0 Å². The molecule has 3 rings (SSSR count). The van der Waals surface area contributed by atoms with Crippen LogP contribution < -0.4 is 4.74 Å². The summed E-state index contributed by atoms with van der Waals surface area (Å²) >= 11 is 0. The molecule has 0 aliphatic heterocycles. The summed E-state index contributed by atoms with van der Waals surface area (Å²) in [4.78, 5) is 0. The molecule has 0 amide bonds. The van der Waals surface area contributed by atoms with Gasteiger partial charge >= 0.3 is 0 Å². The van der Waals surface area contributed by atoms with E-state index in [0.717, 1.165) is 30.1 Å². The highest BCUT2D eigenvalue weighted by Crippen LogP contribution is 2.38. The van der Waals surface area contributed by atoms with Gasteiger partial charge < -0.3 is 4.74 Å².